The fraction of sp³-hybridized carbons (Fsp3) is 0.241. The average Bonchev–Trinajstić information content (AvgIpc) is 3.44. The normalized spacial score (nSPS) is 14.1. The SMILES string of the molecule is CCCc1nc2c(C)cccc2n1Cc1ccc2c(c1)OCc1ncccc1/C2=C(\C)c1noc(=O)[nH]1. The monoisotopic (exact) mass is 493 g/mol. The Hall–Kier alpha value is -4.46. The molecule has 3 aromatic heterocycles. The third-order valence-corrected chi connectivity index (χ3v) is 6.88. The number of aryl methyl sites for hydroxylation is 2. The fourth-order valence-electron chi connectivity index (χ4n) is 5.09. The number of benzene rings is 2. The summed E-state index contributed by atoms with van der Waals surface area (Å²) in [6.45, 7) is 7.23. The molecule has 5 aromatic rings. The summed E-state index contributed by atoms with van der Waals surface area (Å²) in [7, 11) is 0. The maximum Gasteiger partial charge on any atom is 0.439 e. The summed E-state index contributed by atoms with van der Waals surface area (Å²) in [6.07, 6.45) is 3.70. The van der Waals surface area contributed by atoms with Gasteiger partial charge in [0.1, 0.15) is 18.2 Å². The van der Waals surface area contributed by atoms with Crippen molar-refractivity contribution in [1.82, 2.24) is 24.7 Å². The van der Waals surface area contributed by atoms with E-state index >= 15 is 0 Å². The van der Waals surface area contributed by atoms with E-state index in [-0.39, 0.29) is 0 Å². The van der Waals surface area contributed by atoms with Crippen molar-refractivity contribution >= 4 is 22.2 Å². The van der Waals surface area contributed by atoms with Gasteiger partial charge in [-0.15, -0.1) is 0 Å². The van der Waals surface area contributed by atoms with Crippen LogP contribution in [0.25, 0.3) is 22.2 Å². The van der Waals surface area contributed by atoms with Gasteiger partial charge >= 0.3 is 5.76 Å². The number of fused-ring (bicyclic) bond motifs is 3. The quantitative estimate of drug-likeness (QED) is 0.357. The van der Waals surface area contributed by atoms with Crippen molar-refractivity contribution in [3.8, 4) is 5.75 Å². The summed E-state index contributed by atoms with van der Waals surface area (Å²) in [5, 5.41) is 3.93. The molecule has 0 spiro atoms. The van der Waals surface area contributed by atoms with Gasteiger partial charge in [-0.05, 0) is 49.6 Å². The van der Waals surface area contributed by atoms with Crippen molar-refractivity contribution in [2.75, 3.05) is 0 Å². The molecule has 37 heavy (non-hydrogen) atoms. The second-order valence-corrected chi connectivity index (χ2v) is 9.37. The standard InChI is InChI=1S/C29H27N5O3/c1-4-7-25-31-27-17(2)8-5-10-23(27)34(25)15-19-11-12-21-24(14-19)36-16-22-20(9-6-13-30-22)26(21)18(3)28-32-29(35)37-33-28/h5-6,8-14H,4,7,15-16H2,1-3H3,(H,32,33,35)/b26-18-. The minimum Gasteiger partial charge on any atom is -0.487 e. The summed E-state index contributed by atoms with van der Waals surface area (Å²) in [5.74, 6) is 1.64. The van der Waals surface area contributed by atoms with Gasteiger partial charge in [-0.3, -0.25) is 14.5 Å². The molecule has 4 heterocycles. The third-order valence-electron chi connectivity index (χ3n) is 6.88. The van der Waals surface area contributed by atoms with E-state index in [4.69, 9.17) is 14.2 Å². The lowest BCUT2D eigenvalue weighted by molar-refractivity contribution is 0.302. The topological polar surface area (TPSA) is 98.8 Å². The van der Waals surface area contributed by atoms with Gasteiger partial charge in [0.2, 0.25) is 0 Å². The largest absolute Gasteiger partial charge is 0.487 e. The smallest absolute Gasteiger partial charge is 0.439 e. The summed E-state index contributed by atoms with van der Waals surface area (Å²) in [5.41, 5.74) is 8.85. The van der Waals surface area contributed by atoms with E-state index in [1.165, 1.54) is 5.56 Å². The zero-order valence-electron chi connectivity index (χ0n) is 21.0. The van der Waals surface area contributed by atoms with Crippen molar-refractivity contribution in [3.63, 3.8) is 0 Å². The minimum atomic E-state index is -0.590. The molecule has 0 radical (unpaired) electrons. The summed E-state index contributed by atoms with van der Waals surface area (Å²) in [4.78, 5) is 23.9. The van der Waals surface area contributed by atoms with Crippen LogP contribution in [0.2, 0.25) is 0 Å². The molecule has 1 aliphatic heterocycles. The molecule has 8 heteroatoms. The molecule has 1 N–H and O–H groups in total. The maximum absolute atomic E-state index is 11.7. The Morgan fingerprint density at radius 3 is 2.84 bits per heavy atom. The van der Waals surface area contributed by atoms with E-state index < -0.39 is 5.76 Å². The number of pyridine rings is 1. The molecule has 0 unspecified atom stereocenters. The Morgan fingerprint density at radius 2 is 2.03 bits per heavy atom. The number of para-hydroxylation sites is 1. The van der Waals surface area contributed by atoms with Crippen LogP contribution in [0, 0.1) is 6.92 Å². The molecule has 0 aliphatic carbocycles. The maximum atomic E-state index is 11.7. The Bertz CT molecular complexity index is 1720. The highest BCUT2D eigenvalue weighted by atomic mass is 16.5. The molecule has 0 fully saturated rings. The van der Waals surface area contributed by atoms with Gasteiger partial charge in [0.15, 0.2) is 5.82 Å². The van der Waals surface area contributed by atoms with Gasteiger partial charge in [0.05, 0.1) is 16.7 Å². The van der Waals surface area contributed by atoms with Crippen LogP contribution in [0.5, 0.6) is 5.75 Å². The second-order valence-electron chi connectivity index (χ2n) is 9.37. The third kappa shape index (κ3) is 4.04. The summed E-state index contributed by atoms with van der Waals surface area (Å²) < 4.78 is 13.4. The van der Waals surface area contributed by atoms with E-state index in [2.05, 4.69) is 69.9 Å². The van der Waals surface area contributed by atoms with Crippen LogP contribution in [0.15, 0.2) is 64.0 Å². The van der Waals surface area contributed by atoms with Gasteiger partial charge in [0, 0.05) is 41.4 Å². The zero-order valence-corrected chi connectivity index (χ0v) is 21.0. The van der Waals surface area contributed by atoms with E-state index in [1.54, 1.807) is 6.20 Å². The van der Waals surface area contributed by atoms with Crippen LogP contribution >= 0.6 is 0 Å². The van der Waals surface area contributed by atoms with E-state index in [1.807, 2.05) is 19.1 Å². The van der Waals surface area contributed by atoms with Crippen molar-refractivity contribution in [2.24, 2.45) is 0 Å². The summed E-state index contributed by atoms with van der Waals surface area (Å²) >= 11 is 0. The first-order valence-corrected chi connectivity index (χ1v) is 12.5. The van der Waals surface area contributed by atoms with Crippen LogP contribution in [0.3, 0.4) is 0 Å². The molecule has 0 saturated carbocycles. The van der Waals surface area contributed by atoms with Crippen molar-refractivity contribution in [2.45, 2.75) is 46.8 Å². The number of aromatic amines is 1. The number of hydrogen-bond donors (Lipinski definition) is 1. The molecule has 0 amide bonds. The molecule has 8 nitrogen and oxygen atoms in total. The lowest BCUT2D eigenvalue weighted by atomic mass is 9.91. The number of ether oxygens (including phenoxy) is 1. The van der Waals surface area contributed by atoms with Crippen LogP contribution in [0.1, 0.15) is 59.9 Å². The van der Waals surface area contributed by atoms with Gasteiger partial charge in [0.25, 0.3) is 0 Å². The average molecular weight is 494 g/mol. The molecule has 0 atom stereocenters. The number of imidazole rings is 1. The fourth-order valence-corrected chi connectivity index (χ4v) is 5.09. The Kier molecular flexibility index (Phi) is 5.71. The van der Waals surface area contributed by atoms with Gasteiger partial charge < -0.3 is 9.30 Å². The molecule has 0 saturated heterocycles. The molecular weight excluding hydrogens is 466 g/mol. The second kappa shape index (κ2) is 9.20. The van der Waals surface area contributed by atoms with Gasteiger partial charge in [-0.25, -0.2) is 9.78 Å². The van der Waals surface area contributed by atoms with E-state index in [0.717, 1.165) is 69.0 Å². The lowest BCUT2D eigenvalue weighted by Crippen LogP contribution is -2.06. The number of rotatable bonds is 5. The highest BCUT2D eigenvalue weighted by Crippen LogP contribution is 2.40. The number of aromatic nitrogens is 5. The van der Waals surface area contributed by atoms with Crippen LogP contribution in [0.4, 0.5) is 0 Å². The zero-order chi connectivity index (χ0) is 25.5. The minimum absolute atomic E-state index is 0.340. The first-order valence-electron chi connectivity index (χ1n) is 12.5. The number of hydrogen-bond acceptors (Lipinski definition) is 6. The Labute approximate surface area is 213 Å². The molecule has 6 rings (SSSR count). The predicted octanol–water partition coefficient (Wildman–Crippen LogP) is 5.29. The van der Waals surface area contributed by atoms with Gasteiger partial charge in [-0.1, -0.05) is 42.4 Å². The highest BCUT2D eigenvalue weighted by Gasteiger charge is 2.24. The highest BCUT2D eigenvalue weighted by molar-refractivity contribution is 5.99. The molecular formula is C29H27N5O3. The molecule has 186 valence electrons. The number of nitrogens with one attached hydrogen (secondary N) is 1. The molecule has 2 aromatic carbocycles. The van der Waals surface area contributed by atoms with Crippen molar-refractivity contribution in [1.29, 1.82) is 0 Å². The van der Waals surface area contributed by atoms with E-state index in [9.17, 15) is 4.79 Å². The number of nitrogens with zero attached hydrogens (tertiary/aromatic N) is 4. The number of H-pyrrole nitrogens is 1. The van der Waals surface area contributed by atoms with Crippen molar-refractivity contribution in [3.05, 3.63) is 105 Å². The van der Waals surface area contributed by atoms with Gasteiger partial charge in [-0.2, -0.15) is 0 Å². The first kappa shape index (κ1) is 23.0. The first-order chi connectivity index (χ1) is 18.0. The lowest BCUT2D eigenvalue weighted by Gasteiger charge is -2.15. The predicted molar refractivity (Wildman–Crippen MR) is 141 cm³/mol. The van der Waals surface area contributed by atoms with Crippen LogP contribution < -0.4 is 10.5 Å². The molecule has 0 bridgehead atoms. The van der Waals surface area contributed by atoms with Crippen LogP contribution in [-0.2, 0) is 19.6 Å². The summed E-state index contributed by atoms with van der Waals surface area (Å²) in [6, 6.07) is 16.5. The van der Waals surface area contributed by atoms with E-state index in [0.29, 0.717) is 19.0 Å². The van der Waals surface area contributed by atoms with Crippen LogP contribution in [-0.4, -0.2) is 24.7 Å². The number of allylic oxidation sites excluding steroid dienone is 1. The molecule has 1 aliphatic rings. The Morgan fingerprint density at radius 1 is 1.14 bits per heavy atom. The Balaban J connectivity index is 1.48. The van der Waals surface area contributed by atoms with Crippen molar-refractivity contribution < 1.29 is 9.26 Å².